The molecule has 0 aliphatic carbocycles. The maximum absolute atomic E-state index is 12.5. The van der Waals surface area contributed by atoms with Gasteiger partial charge in [-0.25, -0.2) is 0 Å². The summed E-state index contributed by atoms with van der Waals surface area (Å²) in [5.41, 5.74) is 3.77. The number of benzene rings is 3. The Labute approximate surface area is 211 Å². The average Bonchev–Trinajstić information content (AvgIpc) is 2.92. The lowest BCUT2D eigenvalue weighted by molar-refractivity contribution is 0.265. The number of hydrogen-bond donors (Lipinski definition) is 0. The summed E-state index contributed by atoms with van der Waals surface area (Å²) in [6, 6.07) is 25.3. The molecule has 0 bridgehead atoms. The summed E-state index contributed by atoms with van der Waals surface area (Å²) in [4.78, 5) is 12.5. The summed E-state index contributed by atoms with van der Waals surface area (Å²) in [5, 5.41) is 0. The standard InChI is InChI=1S/C30H31NO5/c1-22-29(35-20-23-10-6-4-7-11-23)26(32)15-17-31(22)16-14-25-18-27(33-2)30(28(19-25)34-3)36-21-24-12-8-5-9-13-24/h4-13,15,17-19H,14,16,20-21H2,1-3H3. The van der Waals surface area contributed by atoms with Crippen LogP contribution >= 0.6 is 0 Å². The smallest absolute Gasteiger partial charge is 0.223 e. The Morgan fingerprint density at radius 2 is 1.22 bits per heavy atom. The van der Waals surface area contributed by atoms with Gasteiger partial charge in [-0.05, 0) is 42.2 Å². The van der Waals surface area contributed by atoms with Crippen LogP contribution in [-0.4, -0.2) is 18.8 Å². The van der Waals surface area contributed by atoms with Crippen LogP contribution in [0, 0.1) is 6.92 Å². The second kappa shape index (κ2) is 12.0. The van der Waals surface area contributed by atoms with Crippen LogP contribution in [0.15, 0.2) is 89.9 Å². The SMILES string of the molecule is COc1cc(CCn2ccc(=O)c(OCc3ccccc3)c2C)cc(OC)c1OCc1ccccc1. The highest BCUT2D eigenvalue weighted by Gasteiger charge is 2.15. The summed E-state index contributed by atoms with van der Waals surface area (Å²) in [6.07, 6.45) is 2.51. The van der Waals surface area contributed by atoms with Crippen molar-refractivity contribution in [1.29, 1.82) is 0 Å². The molecule has 0 N–H and O–H groups in total. The molecule has 0 unspecified atom stereocenters. The molecule has 186 valence electrons. The molecule has 0 spiro atoms. The van der Waals surface area contributed by atoms with Gasteiger partial charge in [0.15, 0.2) is 17.2 Å². The van der Waals surface area contributed by atoms with Crippen LogP contribution < -0.4 is 24.4 Å². The predicted octanol–water partition coefficient (Wildman–Crippen LogP) is 5.57. The topological polar surface area (TPSA) is 58.9 Å². The summed E-state index contributed by atoms with van der Waals surface area (Å²) < 4.78 is 25.3. The third kappa shape index (κ3) is 6.08. The summed E-state index contributed by atoms with van der Waals surface area (Å²) in [7, 11) is 3.24. The molecule has 0 fully saturated rings. The fourth-order valence-corrected chi connectivity index (χ4v) is 4.00. The minimum absolute atomic E-state index is 0.122. The molecule has 0 aliphatic heterocycles. The van der Waals surface area contributed by atoms with Crippen molar-refractivity contribution in [3.63, 3.8) is 0 Å². The van der Waals surface area contributed by atoms with E-state index in [1.54, 1.807) is 26.5 Å². The summed E-state index contributed by atoms with van der Waals surface area (Å²) >= 11 is 0. The van der Waals surface area contributed by atoms with Crippen molar-refractivity contribution < 1.29 is 18.9 Å². The van der Waals surface area contributed by atoms with E-state index in [1.807, 2.05) is 84.3 Å². The highest BCUT2D eigenvalue weighted by molar-refractivity contribution is 5.54. The lowest BCUT2D eigenvalue weighted by Gasteiger charge is -2.18. The third-order valence-corrected chi connectivity index (χ3v) is 6.00. The van der Waals surface area contributed by atoms with Gasteiger partial charge in [0.05, 0.1) is 19.9 Å². The number of ether oxygens (including phenoxy) is 4. The molecule has 1 heterocycles. The molecule has 6 nitrogen and oxygen atoms in total. The molecule has 1 aromatic heterocycles. The monoisotopic (exact) mass is 485 g/mol. The van der Waals surface area contributed by atoms with E-state index < -0.39 is 0 Å². The largest absolute Gasteiger partial charge is 0.493 e. The maximum Gasteiger partial charge on any atom is 0.223 e. The zero-order valence-corrected chi connectivity index (χ0v) is 20.9. The van der Waals surface area contributed by atoms with Gasteiger partial charge in [0.1, 0.15) is 13.2 Å². The molecule has 0 radical (unpaired) electrons. The Morgan fingerprint density at radius 3 is 1.75 bits per heavy atom. The first kappa shape index (κ1) is 24.9. The van der Waals surface area contributed by atoms with Crippen LogP contribution in [0.25, 0.3) is 0 Å². The Hall–Kier alpha value is -4.19. The van der Waals surface area contributed by atoms with Gasteiger partial charge >= 0.3 is 0 Å². The highest BCUT2D eigenvalue weighted by Crippen LogP contribution is 2.39. The van der Waals surface area contributed by atoms with E-state index in [2.05, 4.69) is 0 Å². The molecule has 4 rings (SSSR count). The fourth-order valence-electron chi connectivity index (χ4n) is 4.00. The van der Waals surface area contributed by atoms with Crippen molar-refractivity contribution >= 4 is 0 Å². The third-order valence-electron chi connectivity index (χ3n) is 6.00. The van der Waals surface area contributed by atoms with E-state index in [-0.39, 0.29) is 5.43 Å². The Morgan fingerprint density at radius 1 is 0.694 bits per heavy atom. The van der Waals surface area contributed by atoms with Crippen molar-refractivity contribution in [1.82, 2.24) is 4.57 Å². The number of pyridine rings is 1. The summed E-state index contributed by atoms with van der Waals surface area (Å²) in [5.74, 6) is 2.18. The lowest BCUT2D eigenvalue weighted by Crippen LogP contribution is -2.15. The van der Waals surface area contributed by atoms with Crippen molar-refractivity contribution in [2.24, 2.45) is 0 Å². The van der Waals surface area contributed by atoms with Gasteiger partial charge in [0, 0.05) is 18.8 Å². The zero-order chi connectivity index (χ0) is 25.3. The minimum atomic E-state index is -0.122. The van der Waals surface area contributed by atoms with Crippen LogP contribution in [0.1, 0.15) is 22.4 Å². The summed E-state index contributed by atoms with van der Waals surface area (Å²) in [6.45, 7) is 3.32. The average molecular weight is 486 g/mol. The van der Waals surface area contributed by atoms with Gasteiger partial charge in [-0.15, -0.1) is 0 Å². The van der Waals surface area contributed by atoms with E-state index in [1.165, 1.54) is 0 Å². The van der Waals surface area contributed by atoms with Crippen LogP contribution in [0.5, 0.6) is 23.0 Å². The van der Waals surface area contributed by atoms with Crippen LogP contribution in [0.2, 0.25) is 0 Å². The molecule has 0 aliphatic rings. The molecule has 3 aromatic carbocycles. The fraction of sp³-hybridized carbons (Fsp3) is 0.233. The first-order valence-electron chi connectivity index (χ1n) is 11.9. The first-order valence-corrected chi connectivity index (χ1v) is 11.9. The second-order valence-corrected chi connectivity index (χ2v) is 8.42. The zero-order valence-electron chi connectivity index (χ0n) is 20.9. The Balaban J connectivity index is 1.49. The van der Waals surface area contributed by atoms with Gasteiger partial charge in [0.2, 0.25) is 11.2 Å². The quantitative estimate of drug-likeness (QED) is 0.278. The lowest BCUT2D eigenvalue weighted by atomic mass is 10.1. The second-order valence-electron chi connectivity index (χ2n) is 8.42. The number of rotatable bonds is 11. The van der Waals surface area contributed by atoms with Crippen molar-refractivity contribution in [2.75, 3.05) is 14.2 Å². The first-order chi connectivity index (χ1) is 17.6. The van der Waals surface area contributed by atoms with Gasteiger partial charge in [-0.3, -0.25) is 4.79 Å². The van der Waals surface area contributed by atoms with Crippen LogP contribution in [-0.2, 0) is 26.2 Å². The number of aromatic nitrogens is 1. The Kier molecular flexibility index (Phi) is 8.29. The number of methoxy groups -OCH3 is 2. The van der Waals surface area contributed by atoms with Gasteiger partial charge in [-0.2, -0.15) is 0 Å². The van der Waals surface area contributed by atoms with E-state index in [0.29, 0.717) is 49.2 Å². The molecular formula is C30H31NO5. The molecule has 6 heteroatoms. The minimum Gasteiger partial charge on any atom is -0.493 e. The molecule has 4 aromatic rings. The number of aryl methyl sites for hydroxylation is 2. The van der Waals surface area contributed by atoms with Crippen LogP contribution in [0.4, 0.5) is 0 Å². The van der Waals surface area contributed by atoms with Gasteiger partial charge in [0.25, 0.3) is 0 Å². The van der Waals surface area contributed by atoms with E-state index in [9.17, 15) is 4.79 Å². The molecule has 0 saturated carbocycles. The normalized spacial score (nSPS) is 10.6. The Bertz CT molecular complexity index is 1310. The molecule has 0 amide bonds. The molecular weight excluding hydrogens is 454 g/mol. The van der Waals surface area contributed by atoms with Gasteiger partial charge in [-0.1, -0.05) is 60.7 Å². The predicted molar refractivity (Wildman–Crippen MR) is 140 cm³/mol. The van der Waals surface area contributed by atoms with Crippen molar-refractivity contribution in [3.05, 3.63) is 118 Å². The van der Waals surface area contributed by atoms with E-state index in [0.717, 1.165) is 22.4 Å². The number of nitrogens with zero attached hydrogens (tertiary/aromatic N) is 1. The maximum atomic E-state index is 12.5. The van der Waals surface area contributed by atoms with E-state index >= 15 is 0 Å². The molecule has 0 saturated heterocycles. The molecule has 36 heavy (non-hydrogen) atoms. The number of hydrogen-bond acceptors (Lipinski definition) is 5. The highest BCUT2D eigenvalue weighted by atomic mass is 16.5. The van der Waals surface area contributed by atoms with Crippen LogP contribution in [0.3, 0.4) is 0 Å². The van der Waals surface area contributed by atoms with Crippen molar-refractivity contribution in [3.8, 4) is 23.0 Å². The van der Waals surface area contributed by atoms with Crippen molar-refractivity contribution in [2.45, 2.75) is 33.1 Å². The van der Waals surface area contributed by atoms with E-state index in [4.69, 9.17) is 18.9 Å². The molecule has 0 atom stereocenters. The van der Waals surface area contributed by atoms with Gasteiger partial charge < -0.3 is 23.5 Å².